The second-order valence-corrected chi connectivity index (χ2v) is 7.14. The quantitative estimate of drug-likeness (QED) is 0.741. The molecule has 1 saturated heterocycles. The van der Waals surface area contributed by atoms with Gasteiger partial charge in [0.2, 0.25) is 15.9 Å². The zero-order valence-electron chi connectivity index (χ0n) is 10.9. The number of hydrogen-bond donors (Lipinski definition) is 1. The van der Waals surface area contributed by atoms with Crippen molar-refractivity contribution in [2.24, 2.45) is 5.14 Å². The number of carbonyl (C=O) groups is 2. The van der Waals surface area contributed by atoms with Gasteiger partial charge in [-0.05, 0) is 22.0 Å². The molecule has 1 unspecified atom stereocenters. The maximum absolute atomic E-state index is 11.9. The number of esters is 1. The van der Waals surface area contributed by atoms with E-state index in [1.165, 1.54) is 24.3 Å². The van der Waals surface area contributed by atoms with Gasteiger partial charge in [-0.15, -0.1) is 0 Å². The lowest BCUT2D eigenvalue weighted by Crippen LogP contribution is -2.32. The van der Waals surface area contributed by atoms with E-state index in [-0.39, 0.29) is 24.3 Å². The molecule has 0 bridgehead atoms. The molecule has 1 aromatic heterocycles. The topological polar surface area (TPSA) is 120 Å². The Bertz CT molecular complexity index is 706. The molecule has 1 amide bonds. The van der Waals surface area contributed by atoms with Gasteiger partial charge in [0, 0.05) is 19.2 Å². The Morgan fingerprint density at radius 2 is 2.24 bits per heavy atom. The molecule has 0 radical (unpaired) electrons. The minimum absolute atomic E-state index is 0.0686. The normalized spacial score (nSPS) is 18.9. The minimum atomic E-state index is -3.79. The Labute approximate surface area is 129 Å². The second-order valence-electron chi connectivity index (χ2n) is 4.44. The van der Waals surface area contributed by atoms with Crippen LogP contribution in [0.1, 0.15) is 16.8 Å². The number of primary sulfonamides is 1. The first kappa shape index (κ1) is 15.9. The summed E-state index contributed by atoms with van der Waals surface area (Å²) in [6.45, 7) is -0.0686. The highest BCUT2D eigenvalue weighted by atomic mass is 79.9. The van der Waals surface area contributed by atoms with Crippen LogP contribution in [0, 0.1) is 0 Å². The first-order valence-corrected chi connectivity index (χ1v) is 8.20. The van der Waals surface area contributed by atoms with Gasteiger partial charge in [0.15, 0.2) is 0 Å². The molecule has 1 aliphatic rings. The Balaban J connectivity index is 2.31. The molecule has 8 nitrogen and oxygen atoms in total. The highest BCUT2D eigenvalue weighted by molar-refractivity contribution is 9.10. The Kier molecular flexibility index (Phi) is 4.30. The summed E-state index contributed by atoms with van der Waals surface area (Å²) in [5, 5.41) is 4.10. The Morgan fingerprint density at radius 1 is 1.57 bits per heavy atom. The summed E-state index contributed by atoms with van der Waals surface area (Å²) in [5.41, 5.74) is 0.211. The van der Waals surface area contributed by atoms with Crippen molar-refractivity contribution in [2.75, 3.05) is 18.6 Å². The lowest BCUT2D eigenvalue weighted by Gasteiger charge is -2.17. The fourth-order valence-corrected chi connectivity index (χ4v) is 3.25. The van der Waals surface area contributed by atoms with Gasteiger partial charge in [0.25, 0.3) is 0 Å². The number of halogens is 1. The molecule has 2 heterocycles. The number of ether oxygens (including phenoxy) is 1. The summed E-state index contributed by atoms with van der Waals surface area (Å²) in [5.74, 6) is -0.725. The minimum Gasteiger partial charge on any atom is -0.465 e. The highest BCUT2D eigenvalue weighted by Gasteiger charge is 2.38. The molecule has 1 aliphatic heterocycles. The van der Waals surface area contributed by atoms with Crippen molar-refractivity contribution in [3.8, 4) is 0 Å². The van der Waals surface area contributed by atoms with E-state index >= 15 is 0 Å². The predicted molar refractivity (Wildman–Crippen MR) is 77.1 cm³/mol. The van der Waals surface area contributed by atoms with Crippen LogP contribution in [0.5, 0.6) is 0 Å². The van der Waals surface area contributed by atoms with Gasteiger partial charge >= 0.3 is 5.97 Å². The van der Waals surface area contributed by atoms with Crippen LogP contribution >= 0.6 is 15.9 Å². The fourth-order valence-electron chi connectivity index (χ4n) is 1.96. The first-order valence-electron chi connectivity index (χ1n) is 5.80. The number of amides is 1. The third kappa shape index (κ3) is 3.22. The summed E-state index contributed by atoms with van der Waals surface area (Å²) in [7, 11) is -2.55. The van der Waals surface area contributed by atoms with Crippen LogP contribution in [0.15, 0.2) is 16.7 Å². The molecule has 1 fully saturated rings. The van der Waals surface area contributed by atoms with Gasteiger partial charge in [-0.25, -0.2) is 23.3 Å². The van der Waals surface area contributed by atoms with Crippen LogP contribution in [0.25, 0.3) is 0 Å². The van der Waals surface area contributed by atoms with Crippen LogP contribution in [-0.4, -0.2) is 44.2 Å². The number of hydrogen-bond acceptors (Lipinski definition) is 6. The lowest BCUT2D eigenvalue weighted by atomic mass is 10.3. The summed E-state index contributed by atoms with van der Waals surface area (Å²) in [6, 6.07) is 1.45. The van der Waals surface area contributed by atoms with E-state index in [2.05, 4.69) is 25.7 Å². The van der Waals surface area contributed by atoms with E-state index in [9.17, 15) is 18.0 Å². The number of carbonyl (C=O) groups excluding carboxylic acids is 2. The fraction of sp³-hybridized carbons (Fsp3) is 0.364. The summed E-state index contributed by atoms with van der Waals surface area (Å²) < 4.78 is 27.6. The molecule has 0 aromatic carbocycles. The molecule has 1 atom stereocenters. The molecule has 21 heavy (non-hydrogen) atoms. The van der Waals surface area contributed by atoms with Crippen molar-refractivity contribution in [1.82, 2.24) is 4.98 Å². The van der Waals surface area contributed by atoms with Crippen molar-refractivity contribution in [2.45, 2.75) is 11.7 Å². The monoisotopic (exact) mass is 377 g/mol. The molecule has 0 aliphatic carbocycles. The number of rotatable bonds is 3. The second kappa shape index (κ2) is 5.70. The summed E-state index contributed by atoms with van der Waals surface area (Å²) in [4.78, 5) is 28.5. The van der Waals surface area contributed by atoms with Gasteiger partial charge < -0.3 is 4.74 Å². The van der Waals surface area contributed by atoms with E-state index in [0.717, 1.165) is 0 Å². The van der Waals surface area contributed by atoms with Crippen molar-refractivity contribution < 1.29 is 22.7 Å². The number of nitrogens with two attached hydrogens (primary N) is 1. The van der Waals surface area contributed by atoms with Crippen molar-refractivity contribution in [3.63, 3.8) is 0 Å². The van der Waals surface area contributed by atoms with E-state index < -0.39 is 27.1 Å². The molecule has 2 N–H and O–H groups in total. The maximum atomic E-state index is 11.9. The number of methoxy groups -OCH3 is 1. The number of pyridine rings is 1. The first-order chi connectivity index (χ1) is 9.74. The van der Waals surface area contributed by atoms with E-state index in [0.29, 0.717) is 4.47 Å². The predicted octanol–water partition coefficient (Wildman–Crippen LogP) is 0.0245. The zero-order valence-corrected chi connectivity index (χ0v) is 13.3. The average molecular weight is 378 g/mol. The molecule has 114 valence electrons. The Hall–Kier alpha value is -1.52. The van der Waals surface area contributed by atoms with Crippen LogP contribution in [0.2, 0.25) is 0 Å². The third-order valence-corrected chi connectivity index (χ3v) is 4.88. The molecule has 1 aromatic rings. The van der Waals surface area contributed by atoms with Crippen molar-refractivity contribution in [1.29, 1.82) is 0 Å². The van der Waals surface area contributed by atoms with Gasteiger partial charge in [-0.2, -0.15) is 0 Å². The zero-order chi connectivity index (χ0) is 15.8. The SMILES string of the molecule is COC(=O)c1cnc(N2CC(S(N)(=O)=O)CC2=O)c(Br)c1. The smallest absolute Gasteiger partial charge is 0.339 e. The number of nitrogens with zero attached hydrogens (tertiary/aromatic N) is 2. The van der Waals surface area contributed by atoms with E-state index in [4.69, 9.17) is 5.14 Å². The van der Waals surface area contributed by atoms with E-state index in [1.807, 2.05) is 0 Å². The highest BCUT2D eigenvalue weighted by Crippen LogP contribution is 2.29. The van der Waals surface area contributed by atoms with Crippen LogP contribution < -0.4 is 10.0 Å². The van der Waals surface area contributed by atoms with Crippen LogP contribution in [0.3, 0.4) is 0 Å². The summed E-state index contributed by atoms with van der Waals surface area (Å²) >= 11 is 3.21. The van der Waals surface area contributed by atoms with Crippen molar-refractivity contribution >= 4 is 43.6 Å². The largest absolute Gasteiger partial charge is 0.465 e. The van der Waals surface area contributed by atoms with Crippen LogP contribution in [-0.2, 0) is 19.6 Å². The third-order valence-electron chi connectivity index (χ3n) is 3.05. The van der Waals surface area contributed by atoms with Gasteiger partial charge in [-0.1, -0.05) is 0 Å². The molecular weight excluding hydrogens is 366 g/mol. The van der Waals surface area contributed by atoms with Crippen LogP contribution in [0.4, 0.5) is 5.82 Å². The van der Waals surface area contributed by atoms with Gasteiger partial charge in [0.05, 0.1) is 17.1 Å². The standard InChI is InChI=1S/C11H12BrN3O5S/c1-20-11(17)6-2-8(12)10(14-4-6)15-5-7(3-9(15)16)21(13,18)19/h2,4,7H,3,5H2,1H3,(H2,13,18,19). The molecule has 10 heteroatoms. The molecule has 0 saturated carbocycles. The van der Waals surface area contributed by atoms with Gasteiger partial charge in [0.1, 0.15) is 11.1 Å². The lowest BCUT2D eigenvalue weighted by molar-refractivity contribution is -0.117. The number of sulfonamides is 1. The number of anilines is 1. The molecule has 2 rings (SSSR count). The molecular formula is C11H12BrN3O5S. The molecule has 0 spiro atoms. The van der Waals surface area contributed by atoms with Crippen molar-refractivity contribution in [3.05, 3.63) is 22.3 Å². The maximum Gasteiger partial charge on any atom is 0.339 e. The van der Waals surface area contributed by atoms with Gasteiger partial charge in [-0.3, -0.25) is 9.69 Å². The Morgan fingerprint density at radius 3 is 2.71 bits per heavy atom. The average Bonchev–Trinajstić information content (AvgIpc) is 2.79. The number of aromatic nitrogens is 1. The van der Waals surface area contributed by atoms with E-state index in [1.54, 1.807) is 0 Å². The summed E-state index contributed by atoms with van der Waals surface area (Å²) in [6.07, 6.45) is 1.06.